The number of nitrogens with zero attached hydrogens (tertiary/aromatic N) is 1. The van der Waals surface area contributed by atoms with Crippen molar-refractivity contribution in [2.24, 2.45) is 5.92 Å². The largest absolute Gasteiger partial charge is 0.493 e. The number of urea groups is 1. The lowest BCUT2D eigenvalue weighted by molar-refractivity contribution is -0.126. The fraction of sp³-hybridized carbons (Fsp3) is 0.579. The van der Waals surface area contributed by atoms with Crippen LogP contribution >= 0.6 is 0 Å². The van der Waals surface area contributed by atoms with Crippen molar-refractivity contribution in [1.82, 2.24) is 15.5 Å². The molecule has 2 saturated heterocycles. The molecule has 6 heteroatoms. The van der Waals surface area contributed by atoms with Crippen LogP contribution in [0, 0.1) is 5.92 Å². The molecule has 25 heavy (non-hydrogen) atoms. The standard InChI is InChI=1S/C19H25N3O3/c1-19(17(23)20-18(24)21-19)15-3-2-8-22(12-15)9-6-13-4-5-16-14(11-13)7-10-25-16/h4-5,11,15H,2-3,6-10,12H2,1H3,(H2,20,21,23,24)/t15-,19-/m0/s1. The fourth-order valence-corrected chi connectivity index (χ4v) is 4.26. The second-order valence-electron chi connectivity index (χ2n) is 7.54. The molecule has 134 valence electrons. The lowest BCUT2D eigenvalue weighted by Gasteiger charge is -2.39. The minimum Gasteiger partial charge on any atom is -0.493 e. The van der Waals surface area contributed by atoms with E-state index in [0.717, 1.165) is 57.7 Å². The summed E-state index contributed by atoms with van der Waals surface area (Å²) < 4.78 is 5.57. The molecular weight excluding hydrogens is 318 g/mol. The van der Waals surface area contributed by atoms with Crippen molar-refractivity contribution >= 4 is 11.9 Å². The van der Waals surface area contributed by atoms with E-state index in [1.807, 2.05) is 6.92 Å². The van der Waals surface area contributed by atoms with Crippen LogP contribution in [0.25, 0.3) is 0 Å². The predicted molar refractivity (Wildman–Crippen MR) is 93.6 cm³/mol. The van der Waals surface area contributed by atoms with Gasteiger partial charge in [-0.25, -0.2) is 4.79 Å². The first kappa shape index (κ1) is 16.4. The lowest BCUT2D eigenvalue weighted by atomic mass is 9.80. The third kappa shape index (κ3) is 3.11. The number of carbonyl (C=O) groups is 2. The topological polar surface area (TPSA) is 70.7 Å². The normalized spacial score (nSPS) is 29.1. The van der Waals surface area contributed by atoms with E-state index >= 15 is 0 Å². The molecule has 4 rings (SSSR count). The van der Waals surface area contributed by atoms with Gasteiger partial charge in [0.2, 0.25) is 0 Å². The Kier molecular flexibility index (Phi) is 4.15. The van der Waals surface area contributed by atoms with Crippen LogP contribution < -0.4 is 15.4 Å². The number of imide groups is 1. The van der Waals surface area contributed by atoms with Crippen molar-refractivity contribution in [3.63, 3.8) is 0 Å². The molecule has 3 heterocycles. The van der Waals surface area contributed by atoms with E-state index in [1.165, 1.54) is 11.1 Å². The van der Waals surface area contributed by atoms with Crippen LogP contribution in [0.1, 0.15) is 30.9 Å². The van der Waals surface area contributed by atoms with Crippen molar-refractivity contribution in [2.45, 2.75) is 38.1 Å². The van der Waals surface area contributed by atoms with E-state index in [-0.39, 0.29) is 17.9 Å². The third-order valence-electron chi connectivity index (χ3n) is 5.86. The van der Waals surface area contributed by atoms with Crippen molar-refractivity contribution < 1.29 is 14.3 Å². The minimum atomic E-state index is -0.777. The molecule has 2 fully saturated rings. The number of rotatable bonds is 4. The lowest BCUT2D eigenvalue weighted by Crippen LogP contribution is -2.55. The van der Waals surface area contributed by atoms with Gasteiger partial charge in [-0.3, -0.25) is 10.1 Å². The van der Waals surface area contributed by atoms with Crippen LogP contribution in [-0.2, 0) is 17.6 Å². The van der Waals surface area contributed by atoms with E-state index < -0.39 is 5.54 Å². The molecule has 2 atom stereocenters. The number of hydrogen-bond acceptors (Lipinski definition) is 4. The molecule has 0 aromatic heterocycles. The van der Waals surface area contributed by atoms with Gasteiger partial charge in [0.1, 0.15) is 11.3 Å². The van der Waals surface area contributed by atoms with Gasteiger partial charge in [-0.05, 0) is 49.9 Å². The number of amides is 3. The third-order valence-corrected chi connectivity index (χ3v) is 5.86. The Morgan fingerprint density at radius 2 is 2.24 bits per heavy atom. The maximum Gasteiger partial charge on any atom is 0.322 e. The molecule has 0 saturated carbocycles. The van der Waals surface area contributed by atoms with Gasteiger partial charge in [-0.15, -0.1) is 0 Å². The Morgan fingerprint density at radius 1 is 1.36 bits per heavy atom. The summed E-state index contributed by atoms with van der Waals surface area (Å²) in [4.78, 5) is 26.1. The average Bonchev–Trinajstić information content (AvgIpc) is 3.17. The summed E-state index contributed by atoms with van der Waals surface area (Å²) in [6.45, 7) is 5.51. The molecule has 1 aromatic rings. The fourth-order valence-electron chi connectivity index (χ4n) is 4.26. The van der Waals surface area contributed by atoms with E-state index in [2.05, 4.69) is 33.7 Å². The van der Waals surface area contributed by atoms with E-state index in [4.69, 9.17) is 4.74 Å². The summed E-state index contributed by atoms with van der Waals surface area (Å²) in [6, 6.07) is 6.12. The Labute approximate surface area is 147 Å². The Hall–Kier alpha value is -2.08. The second-order valence-corrected chi connectivity index (χ2v) is 7.54. The summed E-state index contributed by atoms with van der Waals surface area (Å²) in [7, 11) is 0. The number of benzene rings is 1. The highest BCUT2D eigenvalue weighted by Crippen LogP contribution is 2.30. The van der Waals surface area contributed by atoms with Crippen LogP contribution in [0.2, 0.25) is 0 Å². The summed E-state index contributed by atoms with van der Waals surface area (Å²) in [5.74, 6) is 0.988. The number of carbonyl (C=O) groups excluding carboxylic acids is 2. The molecular formula is C19H25N3O3. The van der Waals surface area contributed by atoms with Gasteiger partial charge in [-0.1, -0.05) is 12.1 Å². The van der Waals surface area contributed by atoms with Crippen LogP contribution in [0.5, 0.6) is 5.75 Å². The molecule has 0 unspecified atom stereocenters. The molecule has 0 spiro atoms. The van der Waals surface area contributed by atoms with Gasteiger partial charge in [0, 0.05) is 25.4 Å². The number of likely N-dealkylation sites (tertiary alicyclic amines) is 1. The number of hydrogen-bond donors (Lipinski definition) is 2. The molecule has 3 aliphatic heterocycles. The van der Waals surface area contributed by atoms with Crippen molar-refractivity contribution in [1.29, 1.82) is 0 Å². The van der Waals surface area contributed by atoms with Crippen molar-refractivity contribution in [3.8, 4) is 5.75 Å². The zero-order valence-electron chi connectivity index (χ0n) is 14.6. The summed E-state index contributed by atoms with van der Waals surface area (Å²) in [6.07, 6.45) is 4.02. The molecule has 0 radical (unpaired) electrons. The molecule has 6 nitrogen and oxygen atoms in total. The summed E-state index contributed by atoms with van der Waals surface area (Å²) in [5, 5.41) is 5.21. The van der Waals surface area contributed by atoms with Crippen LogP contribution in [0.4, 0.5) is 4.79 Å². The Balaban J connectivity index is 1.37. The monoisotopic (exact) mass is 343 g/mol. The van der Waals surface area contributed by atoms with Crippen molar-refractivity contribution in [3.05, 3.63) is 29.3 Å². The Bertz CT molecular complexity index is 705. The minimum absolute atomic E-state index is 0.154. The quantitative estimate of drug-likeness (QED) is 0.813. The van der Waals surface area contributed by atoms with Crippen molar-refractivity contribution in [2.75, 3.05) is 26.2 Å². The second kappa shape index (κ2) is 6.33. The zero-order chi connectivity index (χ0) is 17.4. The summed E-state index contributed by atoms with van der Waals surface area (Å²) >= 11 is 0. The SMILES string of the molecule is C[C@@]1([C@H]2CCCN(CCc3ccc4c(c3)CCO4)C2)NC(=O)NC1=O. The number of nitrogens with one attached hydrogen (secondary N) is 2. The molecule has 0 aliphatic carbocycles. The molecule has 2 N–H and O–H groups in total. The predicted octanol–water partition coefficient (Wildman–Crippen LogP) is 1.47. The van der Waals surface area contributed by atoms with Crippen LogP contribution in [0.15, 0.2) is 18.2 Å². The van der Waals surface area contributed by atoms with Gasteiger partial charge < -0.3 is 15.0 Å². The summed E-state index contributed by atoms with van der Waals surface area (Å²) in [5.41, 5.74) is 1.87. The van der Waals surface area contributed by atoms with Crippen LogP contribution in [0.3, 0.4) is 0 Å². The van der Waals surface area contributed by atoms with Crippen LogP contribution in [-0.4, -0.2) is 48.6 Å². The number of fused-ring (bicyclic) bond motifs is 1. The first-order valence-electron chi connectivity index (χ1n) is 9.15. The highest BCUT2D eigenvalue weighted by molar-refractivity contribution is 6.07. The van der Waals surface area contributed by atoms with Gasteiger partial charge in [0.15, 0.2) is 0 Å². The number of piperidine rings is 1. The molecule has 0 bridgehead atoms. The van der Waals surface area contributed by atoms with Gasteiger partial charge >= 0.3 is 6.03 Å². The molecule has 1 aromatic carbocycles. The zero-order valence-corrected chi connectivity index (χ0v) is 14.6. The van der Waals surface area contributed by atoms with Gasteiger partial charge in [-0.2, -0.15) is 0 Å². The average molecular weight is 343 g/mol. The molecule has 3 amide bonds. The smallest absolute Gasteiger partial charge is 0.322 e. The number of ether oxygens (including phenoxy) is 1. The first-order valence-corrected chi connectivity index (χ1v) is 9.15. The molecule has 3 aliphatic rings. The maximum absolute atomic E-state index is 12.2. The first-order chi connectivity index (χ1) is 12.0. The van der Waals surface area contributed by atoms with Gasteiger partial charge in [0.05, 0.1) is 6.61 Å². The van der Waals surface area contributed by atoms with E-state index in [0.29, 0.717) is 0 Å². The highest BCUT2D eigenvalue weighted by Gasteiger charge is 2.48. The maximum atomic E-state index is 12.2. The van der Waals surface area contributed by atoms with E-state index in [1.54, 1.807) is 0 Å². The van der Waals surface area contributed by atoms with Gasteiger partial charge in [0.25, 0.3) is 5.91 Å². The Morgan fingerprint density at radius 3 is 3.04 bits per heavy atom. The van der Waals surface area contributed by atoms with E-state index in [9.17, 15) is 9.59 Å². The highest BCUT2D eigenvalue weighted by atomic mass is 16.5.